The summed E-state index contributed by atoms with van der Waals surface area (Å²) < 4.78 is 1.03. The van der Waals surface area contributed by atoms with Crippen LogP contribution in [0.1, 0.15) is 53.2 Å². The molecule has 6 rings (SSSR count). The van der Waals surface area contributed by atoms with Crippen LogP contribution in [0, 0.1) is 12.8 Å². The zero-order valence-electron chi connectivity index (χ0n) is 22.7. The lowest BCUT2D eigenvalue weighted by Crippen LogP contribution is -2.46. The first-order chi connectivity index (χ1) is 19.1. The average molecular weight is 538 g/mol. The molecule has 0 bridgehead atoms. The second-order valence-electron chi connectivity index (χ2n) is 10.7. The molecule has 39 heavy (non-hydrogen) atoms. The molecule has 6 nitrogen and oxygen atoms in total. The quantitative estimate of drug-likeness (QED) is 0.231. The zero-order valence-corrected chi connectivity index (χ0v) is 23.5. The number of aryl methyl sites for hydroxylation is 1. The third-order valence-corrected chi connectivity index (χ3v) is 8.90. The van der Waals surface area contributed by atoms with Gasteiger partial charge in [0.25, 0.3) is 0 Å². The number of Topliss-reactive ketones (excluding diaryl/α,β-unsaturated/α-hetero) is 1. The highest BCUT2D eigenvalue weighted by Crippen LogP contribution is 2.34. The van der Waals surface area contributed by atoms with Gasteiger partial charge < -0.3 is 15.1 Å². The molecule has 1 saturated heterocycles. The number of piperazine rings is 1. The number of carbonyl (C=O) groups is 1. The number of thiophene rings is 1. The highest BCUT2D eigenvalue weighted by molar-refractivity contribution is 7.18. The molecular formula is C32H35N5OS. The Morgan fingerprint density at radius 1 is 1.03 bits per heavy atom. The molecule has 0 spiro atoms. The summed E-state index contributed by atoms with van der Waals surface area (Å²) in [6, 6.07) is 14.7. The molecular weight excluding hydrogens is 502 g/mol. The first-order valence-corrected chi connectivity index (χ1v) is 14.8. The number of hydrogen-bond acceptors (Lipinski definition) is 7. The van der Waals surface area contributed by atoms with E-state index in [0.717, 1.165) is 76.7 Å². The van der Waals surface area contributed by atoms with Crippen LogP contribution in [0.25, 0.3) is 22.4 Å². The summed E-state index contributed by atoms with van der Waals surface area (Å²) in [6.07, 6.45) is 8.87. The molecule has 200 valence electrons. The number of rotatable bonds is 9. The predicted molar refractivity (Wildman–Crippen MR) is 163 cm³/mol. The molecule has 0 amide bonds. The summed E-state index contributed by atoms with van der Waals surface area (Å²) in [5.74, 6) is 1.67. The number of anilines is 3. The summed E-state index contributed by atoms with van der Waals surface area (Å²) in [4.78, 5) is 26.7. The molecule has 4 aromatic rings. The highest BCUT2D eigenvalue weighted by atomic mass is 32.1. The van der Waals surface area contributed by atoms with Gasteiger partial charge in [-0.3, -0.25) is 4.79 Å². The fourth-order valence-electron chi connectivity index (χ4n) is 5.17. The highest BCUT2D eigenvalue weighted by Gasteiger charge is 2.25. The van der Waals surface area contributed by atoms with Gasteiger partial charge in [0.05, 0.1) is 10.2 Å². The lowest BCUT2D eigenvalue weighted by molar-refractivity contribution is 0.0976. The number of benzene rings is 2. The van der Waals surface area contributed by atoms with Crippen molar-refractivity contribution in [1.82, 2.24) is 14.9 Å². The largest absolute Gasteiger partial charge is 0.369 e. The number of carbonyl (C=O) groups excluding carboxylic acids is 1. The van der Waals surface area contributed by atoms with E-state index < -0.39 is 0 Å². The normalized spacial score (nSPS) is 16.3. The molecule has 2 aliphatic rings. The van der Waals surface area contributed by atoms with Gasteiger partial charge in [0.15, 0.2) is 11.6 Å². The van der Waals surface area contributed by atoms with Gasteiger partial charge in [0, 0.05) is 60.5 Å². The first kappa shape index (κ1) is 25.7. The van der Waals surface area contributed by atoms with Crippen LogP contribution >= 0.6 is 11.3 Å². The molecule has 3 heterocycles. The second-order valence-corrected chi connectivity index (χ2v) is 11.5. The van der Waals surface area contributed by atoms with Crippen LogP contribution in [0.3, 0.4) is 0 Å². The molecule has 1 N–H and O–H groups in total. The minimum Gasteiger partial charge on any atom is -0.369 e. The van der Waals surface area contributed by atoms with Crippen LogP contribution in [0.15, 0.2) is 54.2 Å². The van der Waals surface area contributed by atoms with E-state index in [-0.39, 0.29) is 5.78 Å². The van der Waals surface area contributed by atoms with Crippen molar-refractivity contribution in [3.8, 4) is 0 Å². The van der Waals surface area contributed by atoms with Gasteiger partial charge in [-0.2, -0.15) is 0 Å². The van der Waals surface area contributed by atoms with Crippen LogP contribution < -0.4 is 10.2 Å². The SMILES string of the molecule is CCN1CCN(c2ccc(Nc3ncnc4c(/C=C/c5cc(C(=O)CC6CC6)ccc5C)csc34)cc2)CC1. The second kappa shape index (κ2) is 11.3. The number of aromatic nitrogens is 2. The minimum absolute atomic E-state index is 0.253. The van der Waals surface area contributed by atoms with Gasteiger partial charge in [-0.1, -0.05) is 31.2 Å². The van der Waals surface area contributed by atoms with Crippen LogP contribution in [0.5, 0.6) is 0 Å². The molecule has 1 aliphatic heterocycles. The Morgan fingerprint density at radius 2 is 1.79 bits per heavy atom. The Kier molecular flexibility index (Phi) is 7.44. The number of likely N-dealkylation sites (N-methyl/N-ethyl adjacent to an activating group) is 1. The van der Waals surface area contributed by atoms with Crippen LogP contribution in [0.4, 0.5) is 17.2 Å². The number of ketones is 1. The molecule has 2 aromatic carbocycles. The maximum absolute atomic E-state index is 12.6. The van der Waals surface area contributed by atoms with Crippen LogP contribution in [-0.4, -0.2) is 53.4 Å². The van der Waals surface area contributed by atoms with Gasteiger partial charge in [-0.15, -0.1) is 11.3 Å². The van der Waals surface area contributed by atoms with Crippen molar-refractivity contribution in [2.75, 3.05) is 42.9 Å². The first-order valence-electron chi connectivity index (χ1n) is 14.0. The summed E-state index contributed by atoms with van der Waals surface area (Å²) in [5, 5.41) is 5.62. The van der Waals surface area contributed by atoms with Crippen molar-refractivity contribution in [3.63, 3.8) is 0 Å². The molecule has 0 radical (unpaired) electrons. The van der Waals surface area contributed by atoms with E-state index in [9.17, 15) is 4.79 Å². The molecule has 0 unspecified atom stereocenters. The monoisotopic (exact) mass is 537 g/mol. The number of hydrogen-bond donors (Lipinski definition) is 1. The van der Waals surface area contributed by atoms with Crippen molar-refractivity contribution in [3.05, 3.63) is 76.4 Å². The van der Waals surface area contributed by atoms with Crippen molar-refractivity contribution >= 4 is 56.7 Å². The number of nitrogens with one attached hydrogen (secondary N) is 1. The average Bonchev–Trinajstić information content (AvgIpc) is 3.69. The Hall–Kier alpha value is -3.55. The van der Waals surface area contributed by atoms with Gasteiger partial charge in [0.1, 0.15) is 6.33 Å². The molecule has 1 saturated carbocycles. The van der Waals surface area contributed by atoms with E-state index >= 15 is 0 Å². The van der Waals surface area contributed by atoms with Gasteiger partial charge in [-0.25, -0.2) is 9.97 Å². The van der Waals surface area contributed by atoms with E-state index in [0.29, 0.717) is 12.3 Å². The Bertz CT molecular complexity index is 1500. The summed E-state index contributed by atoms with van der Waals surface area (Å²) >= 11 is 1.64. The van der Waals surface area contributed by atoms with Crippen molar-refractivity contribution in [2.24, 2.45) is 5.92 Å². The molecule has 7 heteroatoms. The Balaban J connectivity index is 1.17. The van der Waals surface area contributed by atoms with Crippen molar-refractivity contribution in [2.45, 2.75) is 33.1 Å². The molecule has 1 aliphatic carbocycles. The van der Waals surface area contributed by atoms with Gasteiger partial charge in [-0.05, 0) is 73.7 Å². The number of nitrogens with zero attached hydrogens (tertiary/aromatic N) is 4. The zero-order chi connectivity index (χ0) is 26.8. The van der Waals surface area contributed by atoms with E-state index in [1.54, 1.807) is 17.7 Å². The molecule has 0 atom stereocenters. The summed E-state index contributed by atoms with van der Waals surface area (Å²) in [7, 11) is 0. The van der Waals surface area contributed by atoms with E-state index in [2.05, 4.69) is 80.7 Å². The predicted octanol–water partition coefficient (Wildman–Crippen LogP) is 7.04. The van der Waals surface area contributed by atoms with Gasteiger partial charge in [0.2, 0.25) is 0 Å². The van der Waals surface area contributed by atoms with Crippen LogP contribution in [0.2, 0.25) is 0 Å². The summed E-state index contributed by atoms with van der Waals surface area (Å²) in [6.45, 7) is 9.81. The lowest BCUT2D eigenvalue weighted by Gasteiger charge is -2.35. The Labute approximate surface area is 234 Å². The fraction of sp³-hybridized carbons (Fsp3) is 0.344. The maximum Gasteiger partial charge on any atom is 0.163 e. The van der Waals surface area contributed by atoms with Crippen LogP contribution in [-0.2, 0) is 0 Å². The standard InChI is InChI=1S/C32H35N5OS/c1-3-36-14-16-37(17-15-36)28-12-10-27(11-13-28)35-32-31-30(33-21-34-32)26(20-39-31)9-8-24-19-25(7-4-22(24)2)29(38)18-23-5-6-23/h4,7-13,19-21,23H,3,5-6,14-18H2,1-2H3,(H,33,34,35)/b9-8+. The van der Waals surface area contributed by atoms with E-state index in [1.807, 2.05) is 18.2 Å². The third kappa shape index (κ3) is 5.89. The minimum atomic E-state index is 0.253. The third-order valence-electron chi connectivity index (χ3n) is 7.91. The lowest BCUT2D eigenvalue weighted by atomic mass is 9.99. The van der Waals surface area contributed by atoms with E-state index in [1.165, 1.54) is 18.5 Å². The van der Waals surface area contributed by atoms with E-state index in [4.69, 9.17) is 0 Å². The fourth-order valence-corrected chi connectivity index (χ4v) is 6.10. The smallest absolute Gasteiger partial charge is 0.163 e. The maximum atomic E-state index is 12.6. The summed E-state index contributed by atoms with van der Waals surface area (Å²) in [5.41, 5.74) is 7.29. The Morgan fingerprint density at radius 3 is 2.54 bits per heavy atom. The molecule has 2 aromatic heterocycles. The van der Waals surface area contributed by atoms with Gasteiger partial charge >= 0.3 is 0 Å². The number of fused-ring (bicyclic) bond motifs is 1. The molecule has 2 fully saturated rings. The van der Waals surface area contributed by atoms with Crippen molar-refractivity contribution < 1.29 is 4.79 Å². The van der Waals surface area contributed by atoms with Crippen molar-refractivity contribution in [1.29, 1.82) is 0 Å². The topological polar surface area (TPSA) is 61.4 Å².